The first kappa shape index (κ1) is 17.4. The lowest BCUT2D eigenvalue weighted by Gasteiger charge is -2.16. The molecule has 1 heterocycles. The molecule has 0 amide bonds. The molecule has 0 radical (unpaired) electrons. The van der Waals surface area contributed by atoms with Crippen LogP contribution in [0.3, 0.4) is 0 Å². The molecule has 5 heteroatoms. The van der Waals surface area contributed by atoms with E-state index in [1.54, 1.807) is 39.0 Å². The Hall–Kier alpha value is -2.40. The molecule has 0 aliphatic heterocycles. The Balaban J connectivity index is 2.01. The third-order valence-corrected chi connectivity index (χ3v) is 4.25. The van der Waals surface area contributed by atoms with E-state index in [4.69, 9.17) is 9.15 Å². The number of halogens is 1. The number of esters is 1. The largest absolute Gasteiger partial charge is 0.463 e. The number of fused-ring (bicyclic) bond motifs is 1. The quantitative estimate of drug-likeness (QED) is 0.439. The van der Waals surface area contributed by atoms with Gasteiger partial charge in [0.1, 0.15) is 17.6 Å². The van der Waals surface area contributed by atoms with Gasteiger partial charge in [-0.2, -0.15) is 0 Å². The van der Waals surface area contributed by atoms with Crippen molar-refractivity contribution in [3.8, 4) is 16.9 Å². The van der Waals surface area contributed by atoms with Crippen molar-refractivity contribution in [3.05, 3.63) is 63.4 Å². The number of carbonyl (C=O) groups excluding carboxylic acids is 1. The molecule has 0 spiro atoms. The van der Waals surface area contributed by atoms with Gasteiger partial charge >= 0.3 is 5.97 Å². The lowest BCUT2D eigenvalue weighted by Crippen LogP contribution is -2.25. The second-order valence-electron chi connectivity index (χ2n) is 6.78. The molecule has 3 aromatic rings. The summed E-state index contributed by atoms with van der Waals surface area (Å²) in [6.07, 6.45) is 1.43. The Morgan fingerprint density at radius 3 is 2.40 bits per heavy atom. The van der Waals surface area contributed by atoms with Crippen LogP contribution in [0.5, 0.6) is 5.75 Å². The standard InChI is InChI=1S/C20H17BrO4/c1-20(2,3)19(23)25-14-8-9-15-17(10-14)24-11-16(18(15)22)12-4-6-13(21)7-5-12/h4-11H,1-3H3. The number of ether oxygens (including phenoxy) is 1. The number of benzene rings is 2. The third-order valence-electron chi connectivity index (χ3n) is 3.72. The van der Waals surface area contributed by atoms with Crippen molar-refractivity contribution in [2.24, 2.45) is 5.41 Å². The zero-order valence-corrected chi connectivity index (χ0v) is 15.7. The third kappa shape index (κ3) is 3.66. The van der Waals surface area contributed by atoms with Crippen molar-refractivity contribution in [3.63, 3.8) is 0 Å². The molecule has 1 aromatic heterocycles. The van der Waals surface area contributed by atoms with Gasteiger partial charge in [0.25, 0.3) is 0 Å². The average Bonchev–Trinajstić information content (AvgIpc) is 2.55. The Morgan fingerprint density at radius 2 is 1.76 bits per heavy atom. The van der Waals surface area contributed by atoms with Crippen LogP contribution in [0, 0.1) is 5.41 Å². The van der Waals surface area contributed by atoms with Crippen LogP contribution in [0.1, 0.15) is 20.8 Å². The fourth-order valence-corrected chi connectivity index (χ4v) is 2.53. The van der Waals surface area contributed by atoms with Gasteiger partial charge < -0.3 is 9.15 Å². The van der Waals surface area contributed by atoms with Gasteiger partial charge in [-0.3, -0.25) is 9.59 Å². The maximum atomic E-state index is 12.7. The fraction of sp³-hybridized carbons (Fsp3) is 0.200. The minimum Gasteiger partial charge on any atom is -0.463 e. The lowest BCUT2D eigenvalue weighted by atomic mass is 9.97. The van der Waals surface area contributed by atoms with Gasteiger partial charge in [-0.25, -0.2) is 0 Å². The maximum absolute atomic E-state index is 12.7. The summed E-state index contributed by atoms with van der Waals surface area (Å²) < 4.78 is 11.9. The summed E-state index contributed by atoms with van der Waals surface area (Å²) in [6.45, 7) is 5.34. The van der Waals surface area contributed by atoms with Gasteiger partial charge in [0, 0.05) is 10.5 Å². The van der Waals surface area contributed by atoms with Gasteiger partial charge in [0.05, 0.1) is 16.4 Å². The summed E-state index contributed by atoms with van der Waals surface area (Å²) in [5, 5.41) is 0.441. The van der Waals surface area contributed by atoms with E-state index in [0.29, 0.717) is 22.3 Å². The molecule has 0 unspecified atom stereocenters. The Kier molecular flexibility index (Phi) is 4.52. The van der Waals surface area contributed by atoms with Gasteiger partial charge in [-0.1, -0.05) is 28.1 Å². The molecule has 2 aromatic carbocycles. The second kappa shape index (κ2) is 6.48. The highest BCUT2D eigenvalue weighted by atomic mass is 79.9. The smallest absolute Gasteiger partial charge is 0.316 e. The van der Waals surface area contributed by atoms with Crippen LogP contribution in [0.15, 0.2) is 62.4 Å². The van der Waals surface area contributed by atoms with Crippen LogP contribution in [0.25, 0.3) is 22.1 Å². The Labute approximate surface area is 153 Å². The Morgan fingerprint density at radius 1 is 1.08 bits per heavy atom. The molecule has 3 rings (SSSR count). The van der Waals surface area contributed by atoms with Crippen LogP contribution >= 0.6 is 15.9 Å². The number of carbonyl (C=O) groups is 1. The summed E-state index contributed by atoms with van der Waals surface area (Å²) >= 11 is 3.37. The van der Waals surface area contributed by atoms with E-state index in [-0.39, 0.29) is 11.4 Å². The molecule has 0 saturated heterocycles. The van der Waals surface area contributed by atoms with Crippen LogP contribution in [0.2, 0.25) is 0 Å². The molecule has 25 heavy (non-hydrogen) atoms. The van der Waals surface area contributed by atoms with Gasteiger partial charge in [-0.15, -0.1) is 0 Å². The van der Waals surface area contributed by atoms with E-state index < -0.39 is 5.41 Å². The molecular formula is C20H17BrO4. The summed E-state index contributed by atoms with van der Waals surface area (Å²) in [4.78, 5) is 24.7. The van der Waals surface area contributed by atoms with Gasteiger partial charge in [0.15, 0.2) is 5.43 Å². The number of hydrogen-bond donors (Lipinski definition) is 0. The monoisotopic (exact) mass is 400 g/mol. The summed E-state index contributed by atoms with van der Waals surface area (Å²) in [7, 11) is 0. The lowest BCUT2D eigenvalue weighted by molar-refractivity contribution is -0.142. The molecule has 0 saturated carbocycles. The first-order valence-electron chi connectivity index (χ1n) is 7.79. The summed E-state index contributed by atoms with van der Waals surface area (Å²) in [5.74, 6) is 0.00708. The molecule has 128 valence electrons. The first-order valence-corrected chi connectivity index (χ1v) is 8.59. The maximum Gasteiger partial charge on any atom is 0.316 e. The van der Waals surface area contributed by atoms with Crippen molar-refractivity contribution in [1.82, 2.24) is 0 Å². The van der Waals surface area contributed by atoms with Gasteiger partial charge in [0.2, 0.25) is 0 Å². The molecular weight excluding hydrogens is 384 g/mol. The molecule has 0 bridgehead atoms. The second-order valence-corrected chi connectivity index (χ2v) is 7.70. The highest BCUT2D eigenvalue weighted by Crippen LogP contribution is 2.25. The van der Waals surface area contributed by atoms with Gasteiger partial charge in [-0.05, 0) is 50.6 Å². The minimum absolute atomic E-state index is 0.128. The van der Waals surface area contributed by atoms with Crippen LogP contribution in [-0.2, 0) is 4.79 Å². The normalized spacial score (nSPS) is 11.5. The molecule has 0 aliphatic carbocycles. The highest BCUT2D eigenvalue weighted by Gasteiger charge is 2.24. The van der Waals surface area contributed by atoms with E-state index in [2.05, 4.69) is 15.9 Å². The minimum atomic E-state index is -0.610. The van der Waals surface area contributed by atoms with Crippen molar-refractivity contribution >= 4 is 32.9 Å². The molecule has 0 aliphatic rings. The van der Waals surface area contributed by atoms with Crippen molar-refractivity contribution in [1.29, 1.82) is 0 Å². The predicted molar refractivity (Wildman–Crippen MR) is 101 cm³/mol. The van der Waals surface area contributed by atoms with E-state index in [1.807, 2.05) is 24.3 Å². The molecule has 0 atom stereocenters. The predicted octanol–water partition coefficient (Wildman–Crippen LogP) is 5.17. The Bertz CT molecular complexity index is 995. The van der Waals surface area contributed by atoms with Crippen LogP contribution in [0.4, 0.5) is 0 Å². The number of hydrogen-bond acceptors (Lipinski definition) is 4. The van der Waals surface area contributed by atoms with E-state index in [9.17, 15) is 9.59 Å². The zero-order chi connectivity index (χ0) is 18.2. The van der Waals surface area contributed by atoms with E-state index in [1.165, 1.54) is 6.26 Å². The number of rotatable bonds is 2. The zero-order valence-electron chi connectivity index (χ0n) is 14.1. The summed E-state index contributed by atoms with van der Waals surface area (Å²) in [5.41, 5.74) is 0.908. The average molecular weight is 401 g/mol. The van der Waals surface area contributed by atoms with E-state index >= 15 is 0 Å². The SMILES string of the molecule is CC(C)(C)C(=O)Oc1ccc2c(=O)c(-c3ccc(Br)cc3)coc2c1. The van der Waals surface area contributed by atoms with Crippen LogP contribution < -0.4 is 10.2 Å². The van der Waals surface area contributed by atoms with Crippen molar-refractivity contribution in [2.45, 2.75) is 20.8 Å². The van der Waals surface area contributed by atoms with E-state index in [0.717, 1.165) is 10.0 Å². The topological polar surface area (TPSA) is 56.5 Å². The fourth-order valence-electron chi connectivity index (χ4n) is 2.26. The molecule has 0 N–H and O–H groups in total. The van der Waals surface area contributed by atoms with Crippen molar-refractivity contribution in [2.75, 3.05) is 0 Å². The molecule has 0 fully saturated rings. The van der Waals surface area contributed by atoms with Crippen molar-refractivity contribution < 1.29 is 13.9 Å². The first-order chi connectivity index (χ1) is 11.8. The van der Waals surface area contributed by atoms with Crippen LogP contribution in [-0.4, -0.2) is 5.97 Å². The summed E-state index contributed by atoms with van der Waals surface area (Å²) in [6, 6.07) is 12.2. The highest BCUT2D eigenvalue weighted by molar-refractivity contribution is 9.10. The molecule has 4 nitrogen and oxygen atoms in total.